The van der Waals surface area contributed by atoms with Crippen molar-refractivity contribution in [1.82, 2.24) is 10.3 Å². The van der Waals surface area contributed by atoms with Gasteiger partial charge in [0.05, 0.1) is 12.6 Å². The minimum Gasteiger partial charge on any atom is -0.384 e. The number of ether oxygens (including phenoxy) is 1. The van der Waals surface area contributed by atoms with Crippen molar-refractivity contribution in [2.24, 2.45) is 17.7 Å². The molecular formula is C11H23N3O2. The second-order valence-electron chi connectivity index (χ2n) is 4.80. The summed E-state index contributed by atoms with van der Waals surface area (Å²) in [6, 6.07) is -0.119. The smallest absolute Gasteiger partial charge is 0.251 e. The Bertz CT molecular complexity index is 233. The van der Waals surface area contributed by atoms with Crippen molar-refractivity contribution in [3.8, 4) is 0 Å². The molecule has 0 aromatic rings. The molecule has 0 saturated carbocycles. The van der Waals surface area contributed by atoms with Crippen LogP contribution in [-0.4, -0.2) is 43.7 Å². The van der Waals surface area contributed by atoms with Crippen LogP contribution in [0.4, 0.5) is 0 Å². The van der Waals surface area contributed by atoms with Gasteiger partial charge >= 0.3 is 0 Å². The Morgan fingerprint density at radius 2 is 2.31 bits per heavy atom. The Kier molecular flexibility index (Phi) is 5.18. The monoisotopic (exact) mass is 229 g/mol. The molecule has 5 heteroatoms. The van der Waals surface area contributed by atoms with E-state index in [0.717, 1.165) is 26.1 Å². The number of likely N-dealkylation sites (tertiary alicyclic amines) is 1. The van der Waals surface area contributed by atoms with Gasteiger partial charge in [0.15, 0.2) is 0 Å². The third kappa shape index (κ3) is 3.17. The Hall–Kier alpha value is -0.650. The highest BCUT2D eigenvalue weighted by Crippen LogP contribution is 2.22. The molecule has 0 radical (unpaired) electrons. The zero-order valence-corrected chi connectivity index (χ0v) is 10.4. The minimum atomic E-state index is -0.119. The van der Waals surface area contributed by atoms with E-state index in [1.165, 1.54) is 0 Å². The fourth-order valence-corrected chi connectivity index (χ4v) is 2.46. The Balaban J connectivity index is 2.57. The zero-order chi connectivity index (χ0) is 12.1. The van der Waals surface area contributed by atoms with Gasteiger partial charge in [-0.3, -0.25) is 15.1 Å². The molecule has 2 unspecified atom stereocenters. The van der Waals surface area contributed by atoms with E-state index < -0.39 is 0 Å². The van der Waals surface area contributed by atoms with Crippen molar-refractivity contribution < 1.29 is 9.53 Å². The first-order chi connectivity index (χ1) is 7.60. The lowest BCUT2D eigenvalue weighted by Crippen LogP contribution is -2.51. The molecule has 16 heavy (non-hydrogen) atoms. The Morgan fingerprint density at radius 1 is 1.62 bits per heavy atom. The standard InChI is InChI=1S/C11H23N3O2/c1-8(2)10(11(15)13-12)14-5-4-9(6-14)7-16-3/h8-10H,4-7,12H2,1-3H3,(H,13,15). The van der Waals surface area contributed by atoms with Crippen molar-refractivity contribution in [3.63, 3.8) is 0 Å². The predicted octanol–water partition coefficient (Wildman–Crippen LogP) is -0.0308. The molecule has 1 aliphatic rings. The highest BCUT2D eigenvalue weighted by molar-refractivity contribution is 5.81. The van der Waals surface area contributed by atoms with Crippen molar-refractivity contribution in [2.75, 3.05) is 26.8 Å². The van der Waals surface area contributed by atoms with Gasteiger partial charge < -0.3 is 4.74 Å². The zero-order valence-electron chi connectivity index (χ0n) is 10.4. The lowest BCUT2D eigenvalue weighted by Gasteiger charge is -2.29. The summed E-state index contributed by atoms with van der Waals surface area (Å²) in [7, 11) is 1.72. The van der Waals surface area contributed by atoms with Gasteiger partial charge in [-0.05, 0) is 24.8 Å². The first kappa shape index (κ1) is 13.4. The summed E-state index contributed by atoms with van der Waals surface area (Å²) in [5.74, 6) is 5.94. The third-order valence-corrected chi connectivity index (χ3v) is 3.16. The van der Waals surface area contributed by atoms with Gasteiger partial charge in [-0.2, -0.15) is 0 Å². The summed E-state index contributed by atoms with van der Waals surface area (Å²) in [5.41, 5.74) is 2.26. The van der Waals surface area contributed by atoms with Crippen LogP contribution in [-0.2, 0) is 9.53 Å². The second-order valence-corrected chi connectivity index (χ2v) is 4.80. The maximum atomic E-state index is 11.7. The quantitative estimate of drug-likeness (QED) is 0.395. The van der Waals surface area contributed by atoms with E-state index in [1.807, 2.05) is 13.8 Å². The van der Waals surface area contributed by atoms with Crippen molar-refractivity contribution in [3.05, 3.63) is 0 Å². The average Bonchev–Trinajstić information content (AvgIpc) is 2.66. The molecular weight excluding hydrogens is 206 g/mol. The van der Waals surface area contributed by atoms with Crippen molar-refractivity contribution in [1.29, 1.82) is 0 Å². The molecule has 0 aliphatic carbocycles. The molecule has 3 N–H and O–H groups in total. The molecule has 0 bridgehead atoms. The molecule has 5 nitrogen and oxygen atoms in total. The van der Waals surface area contributed by atoms with Crippen molar-refractivity contribution >= 4 is 5.91 Å². The van der Waals surface area contributed by atoms with E-state index in [2.05, 4.69) is 10.3 Å². The van der Waals surface area contributed by atoms with E-state index in [4.69, 9.17) is 10.6 Å². The van der Waals surface area contributed by atoms with Crippen LogP contribution in [0, 0.1) is 11.8 Å². The van der Waals surface area contributed by atoms with E-state index in [9.17, 15) is 4.79 Å². The Labute approximate surface area is 97.3 Å². The Morgan fingerprint density at radius 3 is 2.81 bits per heavy atom. The van der Waals surface area contributed by atoms with Gasteiger partial charge in [-0.15, -0.1) is 0 Å². The first-order valence-electron chi connectivity index (χ1n) is 5.83. The van der Waals surface area contributed by atoms with Crippen LogP contribution >= 0.6 is 0 Å². The van der Waals surface area contributed by atoms with Crippen LogP contribution in [0.15, 0.2) is 0 Å². The molecule has 1 rings (SSSR count). The molecule has 1 heterocycles. The number of carbonyl (C=O) groups is 1. The van der Waals surface area contributed by atoms with E-state index in [0.29, 0.717) is 5.92 Å². The largest absolute Gasteiger partial charge is 0.384 e. The fourth-order valence-electron chi connectivity index (χ4n) is 2.46. The van der Waals surface area contributed by atoms with Gasteiger partial charge in [0.1, 0.15) is 0 Å². The van der Waals surface area contributed by atoms with Crippen LogP contribution in [0.25, 0.3) is 0 Å². The van der Waals surface area contributed by atoms with Gasteiger partial charge in [0.25, 0.3) is 5.91 Å². The summed E-state index contributed by atoms with van der Waals surface area (Å²) >= 11 is 0. The molecule has 1 saturated heterocycles. The first-order valence-corrected chi connectivity index (χ1v) is 5.83. The molecule has 2 atom stereocenters. The van der Waals surface area contributed by atoms with Crippen LogP contribution in [0.3, 0.4) is 0 Å². The summed E-state index contributed by atoms with van der Waals surface area (Å²) < 4.78 is 5.15. The molecule has 1 aliphatic heterocycles. The fraction of sp³-hybridized carbons (Fsp3) is 0.909. The average molecular weight is 229 g/mol. The van der Waals surface area contributed by atoms with E-state index in [1.54, 1.807) is 7.11 Å². The lowest BCUT2D eigenvalue weighted by atomic mass is 10.0. The lowest BCUT2D eigenvalue weighted by molar-refractivity contribution is -0.127. The predicted molar refractivity (Wildman–Crippen MR) is 62.5 cm³/mol. The summed E-state index contributed by atoms with van der Waals surface area (Å²) in [6.07, 6.45) is 1.09. The van der Waals surface area contributed by atoms with Crippen molar-refractivity contribution in [2.45, 2.75) is 26.3 Å². The van der Waals surface area contributed by atoms with Crippen LogP contribution in [0.5, 0.6) is 0 Å². The van der Waals surface area contributed by atoms with Gasteiger partial charge in [0.2, 0.25) is 0 Å². The topological polar surface area (TPSA) is 67.6 Å². The van der Waals surface area contributed by atoms with Gasteiger partial charge in [-0.1, -0.05) is 13.8 Å². The second kappa shape index (κ2) is 6.18. The van der Waals surface area contributed by atoms with Gasteiger partial charge in [0, 0.05) is 13.7 Å². The SMILES string of the molecule is COCC1CCN(C(C(=O)NN)C(C)C)C1. The van der Waals surface area contributed by atoms with Crippen LogP contribution < -0.4 is 11.3 Å². The normalized spacial score (nSPS) is 23.7. The molecule has 1 fully saturated rings. The number of nitrogens with zero attached hydrogens (tertiary/aromatic N) is 1. The highest BCUT2D eigenvalue weighted by atomic mass is 16.5. The number of hydrogen-bond acceptors (Lipinski definition) is 4. The number of rotatable bonds is 5. The number of nitrogens with one attached hydrogen (secondary N) is 1. The maximum absolute atomic E-state index is 11.7. The van der Waals surface area contributed by atoms with Gasteiger partial charge in [-0.25, -0.2) is 5.84 Å². The van der Waals surface area contributed by atoms with Crippen LogP contribution in [0.2, 0.25) is 0 Å². The van der Waals surface area contributed by atoms with E-state index in [-0.39, 0.29) is 17.9 Å². The van der Waals surface area contributed by atoms with Crippen LogP contribution in [0.1, 0.15) is 20.3 Å². The van der Waals surface area contributed by atoms with E-state index >= 15 is 0 Å². The summed E-state index contributed by atoms with van der Waals surface area (Å²) in [6.45, 7) is 6.73. The number of hydrogen-bond donors (Lipinski definition) is 2. The highest BCUT2D eigenvalue weighted by Gasteiger charge is 2.33. The minimum absolute atomic E-state index is 0.0898. The number of hydrazine groups is 1. The number of carbonyl (C=O) groups excluding carboxylic acids is 1. The molecule has 1 amide bonds. The maximum Gasteiger partial charge on any atom is 0.251 e. The number of amides is 1. The summed E-state index contributed by atoms with van der Waals surface area (Å²) in [4.78, 5) is 13.9. The number of methoxy groups -OCH3 is 1. The third-order valence-electron chi connectivity index (χ3n) is 3.16. The molecule has 0 spiro atoms. The molecule has 0 aromatic carbocycles. The molecule has 0 aromatic heterocycles. The molecule has 94 valence electrons. The summed E-state index contributed by atoms with van der Waals surface area (Å²) in [5, 5.41) is 0. The number of nitrogens with two attached hydrogens (primary N) is 1.